The second kappa shape index (κ2) is 6.53. The van der Waals surface area contributed by atoms with Gasteiger partial charge in [0, 0.05) is 30.2 Å². The summed E-state index contributed by atoms with van der Waals surface area (Å²) >= 11 is 1.47. The summed E-state index contributed by atoms with van der Waals surface area (Å²) in [5.41, 5.74) is 2.85. The Kier molecular flexibility index (Phi) is 3.90. The number of oxazole rings is 1. The zero-order valence-corrected chi connectivity index (χ0v) is 15.0. The van der Waals surface area contributed by atoms with Gasteiger partial charge in [-0.3, -0.25) is 0 Å². The maximum Gasteiger partial charge on any atom is 0.205 e. The highest BCUT2D eigenvalue weighted by molar-refractivity contribution is 7.09. The van der Waals surface area contributed by atoms with Gasteiger partial charge in [0.2, 0.25) is 5.13 Å². The molecule has 26 heavy (non-hydrogen) atoms. The van der Waals surface area contributed by atoms with Gasteiger partial charge in [-0.15, -0.1) is 0 Å². The maximum absolute atomic E-state index is 6.00. The number of rotatable bonds is 3. The maximum atomic E-state index is 6.00. The molecule has 2 aromatic carbocycles. The lowest BCUT2D eigenvalue weighted by molar-refractivity contribution is 0.413. The minimum absolute atomic E-state index is 0.292. The molecule has 3 heterocycles. The Bertz CT molecular complexity index is 993. The van der Waals surface area contributed by atoms with Crippen molar-refractivity contribution in [2.75, 3.05) is 18.0 Å². The van der Waals surface area contributed by atoms with Crippen molar-refractivity contribution in [2.24, 2.45) is 0 Å². The molecule has 6 heteroatoms. The molecule has 0 bridgehead atoms. The van der Waals surface area contributed by atoms with Crippen LogP contribution in [0.4, 0.5) is 5.13 Å². The summed E-state index contributed by atoms with van der Waals surface area (Å²) in [6.07, 6.45) is 2.19. The second-order valence-electron chi connectivity index (χ2n) is 6.57. The van der Waals surface area contributed by atoms with E-state index < -0.39 is 0 Å². The molecule has 1 aliphatic rings. The number of para-hydroxylation sites is 2. The van der Waals surface area contributed by atoms with E-state index in [4.69, 9.17) is 14.4 Å². The Morgan fingerprint density at radius 3 is 2.73 bits per heavy atom. The van der Waals surface area contributed by atoms with Crippen LogP contribution in [0.25, 0.3) is 22.5 Å². The van der Waals surface area contributed by atoms with Crippen LogP contribution in [0, 0.1) is 0 Å². The van der Waals surface area contributed by atoms with Crippen molar-refractivity contribution in [3.8, 4) is 11.4 Å². The summed E-state index contributed by atoms with van der Waals surface area (Å²) < 4.78 is 10.5. The Morgan fingerprint density at radius 2 is 1.85 bits per heavy atom. The first-order valence-corrected chi connectivity index (χ1v) is 9.64. The third kappa shape index (κ3) is 2.86. The Hall–Kier alpha value is -2.73. The van der Waals surface area contributed by atoms with Gasteiger partial charge in [0.15, 0.2) is 17.3 Å². The quantitative estimate of drug-likeness (QED) is 0.527. The third-order valence-corrected chi connectivity index (χ3v) is 5.58. The molecule has 0 N–H and O–H groups in total. The minimum atomic E-state index is 0.292. The highest BCUT2D eigenvalue weighted by atomic mass is 32.1. The number of fused-ring (bicyclic) bond motifs is 1. The van der Waals surface area contributed by atoms with Crippen molar-refractivity contribution in [1.82, 2.24) is 14.3 Å². The van der Waals surface area contributed by atoms with Crippen LogP contribution in [-0.2, 0) is 0 Å². The van der Waals surface area contributed by atoms with Crippen LogP contribution in [0.15, 0.2) is 59.0 Å². The van der Waals surface area contributed by atoms with Crippen molar-refractivity contribution in [3.05, 3.63) is 60.5 Å². The van der Waals surface area contributed by atoms with E-state index in [9.17, 15) is 0 Å². The first-order chi connectivity index (χ1) is 12.9. The van der Waals surface area contributed by atoms with E-state index in [1.165, 1.54) is 11.5 Å². The van der Waals surface area contributed by atoms with Gasteiger partial charge in [0.25, 0.3) is 0 Å². The van der Waals surface area contributed by atoms with E-state index in [2.05, 4.69) is 9.27 Å². The van der Waals surface area contributed by atoms with Crippen molar-refractivity contribution in [3.63, 3.8) is 0 Å². The van der Waals surface area contributed by atoms with Crippen LogP contribution in [0.1, 0.15) is 24.7 Å². The zero-order chi connectivity index (χ0) is 17.3. The summed E-state index contributed by atoms with van der Waals surface area (Å²) in [5.74, 6) is 1.93. The fourth-order valence-corrected chi connectivity index (χ4v) is 4.19. The number of aromatic nitrogens is 3. The van der Waals surface area contributed by atoms with Crippen LogP contribution in [0.2, 0.25) is 0 Å². The standard InChI is InChI=1S/C20H18N4OS/c1-2-7-14(8-3-1)18-22-20(26-23-18)24-12-6-9-15(13-24)19-21-16-10-4-5-11-17(16)25-19/h1-5,7-8,10-11,15H,6,9,12-13H2/t15-/m1/s1. The number of nitrogens with zero attached hydrogens (tertiary/aromatic N) is 4. The summed E-state index contributed by atoms with van der Waals surface area (Å²) in [5, 5.41) is 0.977. The summed E-state index contributed by atoms with van der Waals surface area (Å²) in [7, 11) is 0. The molecule has 5 rings (SSSR count). The summed E-state index contributed by atoms with van der Waals surface area (Å²) in [4.78, 5) is 11.8. The fourth-order valence-electron chi connectivity index (χ4n) is 3.47. The van der Waals surface area contributed by atoms with Crippen LogP contribution < -0.4 is 4.90 Å². The lowest BCUT2D eigenvalue weighted by Crippen LogP contribution is -2.34. The first kappa shape index (κ1) is 15.5. The van der Waals surface area contributed by atoms with Crippen LogP contribution in [0.3, 0.4) is 0 Å². The van der Waals surface area contributed by atoms with E-state index in [1.807, 2.05) is 54.6 Å². The molecule has 0 radical (unpaired) electrons. The number of hydrogen-bond acceptors (Lipinski definition) is 6. The van der Waals surface area contributed by atoms with E-state index in [0.717, 1.165) is 59.4 Å². The van der Waals surface area contributed by atoms with Gasteiger partial charge in [-0.2, -0.15) is 9.36 Å². The smallest absolute Gasteiger partial charge is 0.205 e. The van der Waals surface area contributed by atoms with Gasteiger partial charge in [0.1, 0.15) is 5.52 Å². The van der Waals surface area contributed by atoms with Gasteiger partial charge in [-0.05, 0) is 25.0 Å². The molecule has 130 valence electrons. The molecule has 5 nitrogen and oxygen atoms in total. The SMILES string of the molecule is c1ccc(-c2nsc(N3CCC[C@@H](c4nc5ccccc5o4)C3)n2)cc1. The number of piperidine rings is 1. The van der Waals surface area contributed by atoms with E-state index >= 15 is 0 Å². The molecule has 1 aliphatic heterocycles. The molecule has 0 amide bonds. The lowest BCUT2D eigenvalue weighted by atomic mass is 9.98. The predicted molar refractivity (Wildman–Crippen MR) is 104 cm³/mol. The van der Waals surface area contributed by atoms with Gasteiger partial charge in [-0.1, -0.05) is 42.5 Å². The summed E-state index contributed by atoms with van der Waals surface area (Å²) in [6, 6.07) is 18.1. The van der Waals surface area contributed by atoms with Gasteiger partial charge in [0.05, 0.1) is 5.92 Å². The monoisotopic (exact) mass is 362 g/mol. The molecule has 4 aromatic rings. The third-order valence-electron chi connectivity index (χ3n) is 4.80. The van der Waals surface area contributed by atoms with Crippen LogP contribution in [-0.4, -0.2) is 27.4 Å². The first-order valence-electron chi connectivity index (χ1n) is 8.86. The van der Waals surface area contributed by atoms with Crippen molar-refractivity contribution in [2.45, 2.75) is 18.8 Å². The fraction of sp³-hybridized carbons (Fsp3) is 0.250. The summed E-state index contributed by atoms with van der Waals surface area (Å²) in [6.45, 7) is 1.87. The largest absolute Gasteiger partial charge is 0.440 e. The topological polar surface area (TPSA) is 55.1 Å². The molecule has 0 spiro atoms. The average molecular weight is 362 g/mol. The van der Waals surface area contributed by atoms with E-state index in [0.29, 0.717) is 5.92 Å². The Balaban J connectivity index is 1.38. The average Bonchev–Trinajstić information content (AvgIpc) is 3.36. The second-order valence-corrected chi connectivity index (χ2v) is 7.30. The predicted octanol–water partition coefficient (Wildman–Crippen LogP) is 4.73. The molecular weight excluding hydrogens is 344 g/mol. The molecule has 0 aliphatic carbocycles. The zero-order valence-electron chi connectivity index (χ0n) is 14.2. The van der Waals surface area contributed by atoms with E-state index in [-0.39, 0.29) is 0 Å². The highest BCUT2D eigenvalue weighted by Gasteiger charge is 2.27. The Morgan fingerprint density at radius 1 is 1.00 bits per heavy atom. The van der Waals surface area contributed by atoms with Crippen molar-refractivity contribution in [1.29, 1.82) is 0 Å². The van der Waals surface area contributed by atoms with Crippen molar-refractivity contribution < 1.29 is 4.42 Å². The van der Waals surface area contributed by atoms with E-state index in [1.54, 1.807) is 0 Å². The molecular formula is C20H18N4OS. The van der Waals surface area contributed by atoms with Gasteiger partial charge >= 0.3 is 0 Å². The van der Waals surface area contributed by atoms with Crippen molar-refractivity contribution >= 4 is 27.8 Å². The van der Waals surface area contributed by atoms with Crippen LogP contribution in [0.5, 0.6) is 0 Å². The minimum Gasteiger partial charge on any atom is -0.440 e. The molecule has 0 unspecified atom stereocenters. The lowest BCUT2D eigenvalue weighted by Gasteiger charge is -2.30. The molecule has 1 fully saturated rings. The van der Waals surface area contributed by atoms with Gasteiger partial charge in [-0.25, -0.2) is 4.98 Å². The molecule has 1 saturated heterocycles. The molecule has 1 atom stereocenters. The Labute approximate surface area is 155 Å². The number of benzene rings is 2. The normalized spacial score (nSPS) is 17.7. The van der Waals surface area contributed by atoms with Gasteiger partial charge < -0.3 is 9.32 Å². The highest BCUT2D eigenvalue weighted by Crippen LogP contribution is 2.33. The number of anilines is 1. The number of hydrogen-bond donors (Lipinski definition) is 0. The molecule has 2 aromatic heterocycles. The van der Waals surface area contributed by atoms with Crippen LogP contribution >= 0.6 is 11.5 Å². The molecule has 0 saturated carbocycles.